The van der Waals surface area contributed by atoms with E-state index < -0.39 is 6.16 Å². The second-order valence-corrected chi connectivity index (χ2v) is 5.65. The molecule has 0 N–H and O–H groups in total. The van der Waals surface area contributed by atoms with E-state index in [1.165, 1.54) is 51.4 Å². The Labute approximate surface area is 134 Å². The monoisotopic (exact) mass is 310 g/mol. The lowest BCUT2D eigenvalue weighted by molar-refractivity contribution is 0.0443. The molecule has 0 atom stereocenters. The molecule has 0 amide bonds. The fourth-order valence-corrected chi connectivity index (χ4v) is 2.31. The molecule has 0 aliphatic rings. The number of furan rings is 1. The Kier molecular flexibility index (Phi) is 11.2. The second kappa shape index (κ2) is 13.2. The van der Waals surface area contributed by atoms with Gasteiger partial charge in [0.05, 0.1) is 12.9 Å². The molecule has 4 heteroatoms. The molecule has 0 aliphatic carbocycles. The van der Waals surface area contributed by atoms with Crippen molar-refractivity contribution in [3.63, 3.8) is 0 Å². The van der Waals surface area contributed by atoms with Gasteiger partial charge in [-0.3, -0.25) is 0 Å². The smallest absolute Gasteiger partial charge is 0.466 e. The molecule has 0 spiro atoms. The summed E-state index contributed by atoms with van der Waals surface area (Å²) in [5.41, 5.74) is 0. The number of carbonyl (C=O) groups excluding carboxylic acids is 1. The molecule has 0 saturated heterocycles. The Morgan fingerprint density at radius 2 is 1.59 bits per heavy atom. The van der Waals surface area contributed by atoms with Gasteiger partial charge in [0.2, 0.25) is 0 Å². The van der Waals surface area contributed by atoms with Crippen LogP contribution >= 0.6 is 0 Å². The van der Waals surface area contributed by atoms with Crippen LogP contribution in [0.5, 0.6) is 0 Å². The summed E-state index contributed by atoms with van der Waals surface area (Å²) in [4.78, 5) is 11.3. The van der Waals surface area contributed by atoms with E-state index in [0.29, 0.717) is 12.4 Å². The number of hydrogen-bond donors (Lipinski definition) is 0. The zero-order chi connectivity index (χ0) is 15.9. The Morgan fingerprint density at radius 3 is 2.18 bits per heavy atom. The molecule has 1 aromatic heterocycles. The van der Waals surface area contributed by atoms with Crippen molar-refractivity contribution in [2.24, 2.45) is 0 Å². The molecule has 0 radical (unpaired) electrons. The predicted octanol–water partition coefficient (Wildman–Crippen LogP) is 5.85. The summed E-state index contributed by atoms with van der Waals surface area (Å²) in [6.45, 7) is 2.81. The van der Waals surface area contributed by atoms with E-state index in [2.05, 4.69) is 6.92 Å². The van der Waals surface area contributed by atoms with E-state index in [0.717, 1.165) is 12.8 Å². The molecule has 0 unspecified atom stereocenters. The summed E-state index contributed by atoms with van der Waals surface area (Å²) in [7, 11) is 0. The molecule has 0 bridgehead atoms. The third kappa shape index (κ3) is 10.3. The Hall–Kier alpha value is -1.45. The third-order valence-corrected chi connectivity index (χ3v) is 3.63. The van der Waals surface area contributed by atoms with Crippen LogP contribution in [0, 0.1) is 0 Å². The van der Waals surface area contributed by atoms with Crippen molar-refractivity contribution in [2.75, 3.05) is 6.61 Å². The first-order valence-electron chi connectivity index (χ1n) is 8.65. The van der Waals surface area contributed by atoms with Gasteiger partial charge < -0.3 is 13.9 Å². The quantitative estimate of drug-likeness (QED) is 0.338. The number of unbranched alkanes of at least 4 members (excludes halogenated alkanes) is 9. The summed E-state index contributed by atoms with van der Waals surface area (Å²) < 4.78 is 15.0. The minimum absolute atomic E-state index is 0.129. The topological polar surface area (TPSA) is 48.7 Å². The molecular weight excluding hydrogens is 280 g/mol. The van der Waals surface area contributed by atoms with Gasteiger partial charge in [0.25, 0.3) is 0 Å². The first kappa shape index (κ1) is 18.6. The lowest BCUT2D eigenvalue weighted by atomic mass is 10.1. The molecule has 1 heterocycles. The average Bonchev–Trinajstić information content (AvgIpc) is 3.04. The standard InChI is InChI=1S/C18H30O4/c1-2-3-4-5-6-7-8-9-10-11-14-21-18(19)22-16-17-13-12-15-20-17/h12-13,15H,2-11,14,16H2,1H3. The second-order valence-electron chi connectivity index (χ2n) is 5.65. The van der Waals surface area contributed by atoms with Crippen LogP contribution in [0.1, 0.15) is 76.9 Å². The predicted molar refractivity (Wildman–Crippen MR) is 86.7 cm³/mol. The Morgan fingerprint density at radius 1 is 0.955 bits per heavy atom. The summed E-state index contributed by atoms with van der Waals surface area (Å²) in [5, 5.41) is 0. The molecule has 1 aromatic rings. The van der Waals surface area contributed by atoms with Crippen LogP contribution in [0.2, 0.25) is 0 Å². The van der Waals surface area contributed by atoms with Crippen molar-refractivity contribution in [2.45, 2.75) is 77.7 Å². The van der Waals surface area contributed by atoms with Gasteiger partial charge in [-0.25, -0.2) is 4.79 Å². The molecule has 0 saturated carbocycles. The summed E-state index contributed by atoms with van der Waals surface area (Å²) in [5.74, 6) is 0.621. The highest BCUT2D eigenvalue weighted by atomic mass is 16.7. The van der Waals surface area contributed by atoms with Crippen LogP contribution in [0.15, 0.2) is 22.8 Å². The number of ether oxygens (including phenoxy) is 2. The number of carbonyl (C=O) groups is 1. The molecule has 0 aromatic carbocycles. The van der Waals surface area contributed by atoms with Crippen LogP contribution in [-0.2, 0) is 16.1 Å². The van der Waals surface area contributed by atoms with Gasteiger partial charge >= 0.3 is 6.16 Å². The van der Waals surface area contributed by atoms with Gasteiger partial charge in [-0.2, -0.15) is 0 Å². The van der Waals surface area contributed by atoms with E-state index in [4.69, 9.17) is 13.9 Å². The molecule has 126 valence electrons. The summed E-state index contributed by atoms with van der Waals surface area (Å²) in [6.07, 6.45) is 13.6. The van der Waals surface area contributed by atoms with E-state index in [1.54, 1.807) is 18.4 Å². The van der Waals surface area contributed by atoms with Gasteiger partial charge in [-0.15, -0.1) is 0 Å². The van der Waals surface area contributed by atoms with Crippen LogP contribution in [0.3, 0.4) is 0 Å². The molecule has 22 heavy (non-hydrogen) atoms. The molecular formula is C18H30O4. The summed E-state index contributed by atoms with van der Waals surface area (Å²) >= 11 is 0. The van der Waals surface area contributed by atoms with E-state index >= 15 is 0 Å². The fraction of sp³-hybridized carbons (Fsp3) is 0.722. The number of rotatable bonds is 13. The highest BCUT2D eigenvalue weighted by Crippen LogP contribution is 2.10. The van der Waals surface area contributed by atoms with Crippen molar-refractivity contribution in [1.29, 1.82) is 0 Å². The SMILES string of the molecule is CCCCCCCCCCCCOC(=O)OCc1ccco1. The van der Waals surface area contributed by atoms with Crippen molar-refractivity contribution < 1.29 is 18.7 Å². The average molecular weight is 310 g/mol. The lowest BCUT2D eigenvalue weighted by Gasteiger charge is -2.05. The molecule has 0 aliphatic heterocycles. The third-order valence-electron chi connectivity index (χ3n) is 3.63. The zero-order valence-electron chi connectivity index (χ0n) is 13.9. The van der Waals surface area contributed by atoms with E-state index in [-0.39, 0.29) is 6.61 Å². The van der Waals surface area contributed by atoms with Gasteiger partial charge in [-0.1, -0.05) is 64.7 Å². The van der Waals surface area contributed by atoms with Crippen LogP contribution in [0.4, 0.5) is 4.79 Å². The van der Waals surface area contributed by atoms with E-state index in [9.17, 15) is 4.79 Å². The normalized spacial score (nSPS) is 10.6. The van der Waals surface area contributed by atoms with Crippen molar-refractivity contribution >= 4 is 6.16 Å². The maximum atomic E-state index is 11.3. The van der Waals surface area contributed by atoms with Crippen LogP contribution < -0.4 is 0 Å². The van der Waals surface area contributed by atoms with Gasteiger partial charge in [-0.05, 0) is 18.6 Å². The Bertz CT molecular complexity index is 359. The van der Waals surface area contributed by atoms with Gasteiger partial charge in [0.1, 0.15) is 5.76 Å². The van der Waals surface area contributed by atoms with Crippen molar-refractivity contribution in [3.8, 4) is 0 Å². The fourth-order valence-electron chi connectivity index (χ4n) is 2.31. The summed E-state index contributed by atoms with van der Waals surface area (Å²) in [6, 6.07) is 3.52. The van der Waals surface area contributed by atoms with Crippen molar-refractivity contribution in [1.82, 2.24) is 0 Å². The van der Waals surface area contributed by atoms with Gasteiger partial charge in [0, 0.05) is 0 Å². The first-order valence-corrected chi connectivity index (χ1v) is 8.65. The maximum absolute atomic E-state index is 11.3. The molecule has 4 nitrogen and oxygen atoms in total. The molecule has 1 rings (SSSR count). The first-order chi connectivity index (χ1) is 10.8. The number of hydrogen-bond acceptors (Lipinski definition) is 4. The largest absolute Gasteiger partial charge is 0.508 e. The minimum Gasteiger partial charge on any atom is -0.466 e. The maximum Gasteiger partial charge on any atom is 0.508 e. The van der Waals surface area contributed by atoms with Crippen LogP contribution in [-0.4, -0.2) is 12.8 Å². The van der Waals surface area contributed by atoms with E-state index in [1.807, 2.05) is 0 Å². The van der Waals surface area contributed by atoms with Crippen molar-refractivity contribution in [3.05, 3.63) is 24.2 Å². The minimum atomic E-state index is -0.618. The lowest BCUT2D eigenvalue weighted by Crippen LogP contribution is -2.08. The van der Waals surface area contributed by atoms with Crippen LogP contribution in [0.25, 0.3) is 0 Å². The Balaban J connectivity index is 1.80. The highest BCUT2D eigenvalue weighted by Gasteiger charge is 2.05. The molecule has 0 fully saturated rings. The zero-order valence-corrected chi connectivity index (χ0v) is 13.9. The van der Waals surface area contributed by atoms with Gasteiger partial charge in [0.15, 0.2) is 6.61 Å². The highest BCUT2D eigenvalue weighted by molar-refractivity contribution is 5.59.